The molecule has 1 saturated heterocycles. The second kappa shape index (κ2) is 7.80. The van der Waals surface area contributed by atoms with E-state index in [9.17, 15) is 4.79 Å². The first-order valence-corrected chi connectivity index (χ1v) is 7.05. The monoisotopic (exact) mass is 294 g/mol. The molecule has 2 N–H and O–H groups in total. The first kappa shape index (κ1) is 15.5. The highest BCUT2D eigenvalue weighted by atomic mass is 16.5. The molecule has 1 aromatic heterocycles. The van der Waals surface area contributed by atoms with E-state index in [1.807, 2.05) is 0 Å². The summed E-state index contributed by atoms with van der Waals surface area (Å²) in [5, 5.41) is 5.61. The van der Waals surface area contributed by atoms with Gasteiger partial charge in [0, 0.05) is 31.7 Å². The summed E-state index contributed by atoms with van der Waals surface area (Å²) >= 11 is 0. The van der Waals surface area contributed by atoms with Crippen molar-refractivity contribution in [1.82, 2.24) is 15.2 Å². The molecular weight excluding hydrogens is 272 g/mol. The average Bonchev–Trinajstić information content (AvgIpc) is 2.54. The van der Waals surface area contributed by atoms with Crippen LogP contribution in [0.1, 0.15) is 6.92 Å². The van der Waals surface area contributed by atoms with Crippen molar-refractivity contribution in [3.05, 3.63) is 18.3 Å². The van der Waals surface area contributed by atoms with Gasteiger partial charge in [-0.15, -0.1) is 0 Å². The van der Waals surface area contributed by atoms with E-state index >= 15 is 0 Å². The SMILES string of the molecule is COc1ccc(NC(=O)NCC(C)N2CCOCC2)cn1. The fraction of sp³-hybridized carbons (Fsp3) is 0.571. The lowest BCUT2D eigenvalue weighted by Crippen LogP contribution is -2.47. The Morgan fingerprint density at radius 1 is 1.48 bits per heavy atom. The smallest absolute Gasteiger partial charge is 0.319 e. The summed E-state index contributed by atoms with van der Waals surface area (Å²) in [6.07, 6.45) is 1.56. The van der Waals surface area contributed by atoms with Crippen LogP contribution in [0.25, 0.3) is 0 Å². The van der Waals surface area contributed by atoms with Gasteiger partial charge in [-0.1, -0.05) is 0 Å². The number of carbonyl (C=O) groups excluding carboxylic acids is 1. The fourth-order valence-corrected chi connectivity index (χ4v) is 2.14. The number of hydrogen-bond acceptors (Lipinski definition) is 5. The minimum absolute atomic E-state index is 0.234. The summed E-state index contributed by atoms with van der Waals surface area (Å²) in [6.45, 7) is 6.03. The van der Waals surface area contributed by atoms with Crippen molar-refractivity contribution in [3.8, 4) is 5.88 Å². The molecule has 1 fully saturated rings. The maximum atomic E-state index is 11.8. The Hall–Kier alpha value is -1.86. The molecule has 0 bridgehead atoms. The van der Waals surface area contributed by atoms with Gasteiger partial charge >= 0.3 is 6.03 Å². The van der Waals surface area contributed by atoms with Crippen LogP contribution in [0.15, 0.2) is 18.3 Å². The predicted molar refractivity (Wildman–Crippen MR) is 79.7 cm³/mol. The molecule has 2 heterocycles. The Balaban J connectivity index is 1.73. The van der Waals surface area contributed by atoms with Crippen molar-refractivity contribution in [1.29, 1.82) is 0 Å². The quantitative estimate of drug-likeness (QED) is 0.845. The molecule has 1 aromatic rings. The van der Waals surface area contributed by atoms with E-state index in [0.717, 1.165) is 26.3 Å². The van der Waals surface area contributed by atoms with Crippen LogP contribution < -0.4 is 15.4 Å². The minimum atomic E-state index is -0.234. The third-order valence-corrected chi connectivity index (χ3v) is 3.43. The molecular formula is C14H22N4O3. The van der Waals surface area contributed by atoms with Crippen molar-refractivity contribution in [2.45, 2.75) is 13.0 Å². The molecule has 2 amide bonds. The molecule has 7 heteroatoms. The Morgan fingerprint density at radius 2 is 2.24 bits per heavy atom. The van der Waals surface area contributed by atoms with E-state index in [-0.39, 0.29) is 12.1 Å². The van der Waals surface area contributed by atoms with E-state index in [4.69, 9.17) is 9.47 Å². The molecule has 1 aliphatic heterocycles. The van der Waals surface area contributed by atoms with Crippen LogP contribution in [-0.2, 0) is 4.74 Å². The van der Waals surface area contributed by atoms with E-state index < -0.39 is 0 Å². The summed E-state index contributed by atoms with van der Waals surface area (Å²) in [7, 11) is 1.55. The summed E-state index contributed by atoms with van der Waals surface area (Å²) in [4.78, 5) is 18.2. The number of ether oxygens (including phenoxy) is 2. The number of hydrogen-bond donors (Lipinski definition) is 2. The second-order valence-corrected chi connectivity index (χ2v) is 4.92. The zero-order valence-corrected chi connectivity index (χ0v) is 12.5. The number of nitrogens with zero attached hydrogens (tertiary/aromatic N) is 2. The lowest BCUT2D eigenvalue weighted by atomic mass is 10.2. The van der Waals surface area contributed by atoms with Crippen LogP contribution in [0, 0.1) is 0 Å². The van der Waals surface area contributed by atoms with Crippen molar-refractivity contribution in [3.63, 3.8) is 0 Å². The van der Waals surface area contributed by atoms with Crippen molar-refractivity contribution < 1.29 is 14.3 Å². The minimum Gasteiger partial charge on any atom is -0.481 e. The van der Waals surface area contributed by atoms with Gasteiger partial charge < -0.3 is 20.1 Å². The van der Waals surface area contributed by atoms with Gasteiger partial charge in [-0.3, -0.25) is 4.90 Å². The Morgan fingerprint density at radius 3 is 2.86 bits per heavy atom. The fourth-order valence-electron chi connectivity index (χ4n) is 2.14. The molecule has 2 rings (SSSR count). The van der Waals surface area contributed by atoms with Crippen molar-refractivity contribution in [2.24, 2.45) is 0 Å². The Kier molecular flexibility index (Phi) is 5.77. The largest absolute Gasteiger partial charge is 0.481 e. The number of anilines is 1. The van der Waals surface area contributed by atoms with Crippen LogP contribution in [-0.4, -0.2) is 61.9 Å². The first-order valence-electron chi connectivity index (χ1n) is 7.05. The Labute approximate surface area is 124 Å². The van der Waals surface area contributed by atoms with Gasteiger partial charge in [0.25, 0.3) is 0 Å². The van der Waals surface area contributed by atoms with Gasteiger partial charge in [-0.05, 0) is 13.0 Å². The van der Waals surface area contributed by atoms with Crippen LogP contribution in [0.2, 0.25) is 0 Å². The topological polar surface area (TPSA) is 75.7 Å². The zero-order valence-electron chi connectivity index (χ0n) is 12.5. The van der Waals surface area contributed by atoms with Gasteiger partial charge in [0.1, 0.15) is 0 Å². The summed E-state index contributed by atoms with van der Waals surface area (Å²) < 4.78 is 10.3. The number of urea groups is 1. The van der Waals surface area contributed by atoms with Crippen molar-refractivity contribution in [2.75, 3.05) is 45.3 Å². The number of amides is 2. The molecule has 1 unspecified atom stereocenters. The number of rotatable bonds is 5. The summed E-state index contributed by atoms with van der Waals surface area (Å²) in [6, 6.07) is 3.50. The summed E-state index contributed by atoms with van der Waals surface area (Å²) in [5.74, 6) is 0.516. The van der Waals surface area contributed by atoms with Gasteiger partial charge in [0.15, 0.2) is 0 Å². The number of methoxy groups -OCH3 is 1. The molecule has 21 heavy (non-hydrogen) atoms. The number of aromatic nitrogens is 1. The zero-order chi connectivity index (χ0) is 15.1. The second-order valence-electron chi connectivity index (χ2n) is 4.92. The molecule has 0 aliphatic carbocycles. The van der Waals surface area contributed by atoms with Gasteiger partial charge in [-0.2, -0.15) is 0 Å². The number of pyridine rings is 1. The standard InChI is InChI=1S/C14H22N4O3/c1-11(18-5-7-21-8-6-18)9-16-14(19)17-12-3-4-13(20-2)15-10-12/h3-4,10-11H,5-9H2,1-2H3,(H2,16,17,19). The maximum absolute atomic E-state index is 11.8. The van der Waals surface area contributed by atoms with Crippen LogP contribution in [0.5, 0.6) is 5.88 Å². The average molecular weight is 294 g/mol. The molecule has 0 aromatic carbocycles. The number of nitrogens with one attached hydrogen (secondary N) is 2. The summed E-state index contributed by atoms with van der Waals surface area (Å²) in [5.41, 5.74) is 0.632. The third-order valence-electron chi connectivity index (χ3n) is 3.43. The predicted octanol–water partition coefficient (Wildman–Crippen LogP) is 0.932. The molecule has 0 spiro atoms. The highest BCUT2D eigenvalue weighted by Crippen LogP contribution is 2.10. The molecule has 0 radical (unpaired) electrons. The normalized spacial score (nSPS) is 17.0. The highest BCUT2D eigenvalue weighted by molar-refractivity contribution is 5.89. The van der Waals surface area contributed by atoms with E-state index in [2.05, 4.69) is 27.4 Å². The Bertz CT molecular complexity index is 446. The number of morpholine rings is 1. The molecule has 116 valence electrons. The van der Waals surface area contributed by atoms with Crippen LogP contribution >= 0.6 is 0 Å². The first-order chi connectivity index (χ1) is 10.2. The molecule has 0 saturated carbocycles. The lowest BCUT2D eigenvalue weighted by molar-refractivity contribution is 0.0209. The lowest BCUT2D eigenvalue weighted by Gasteiger charge is -2.32. The third kappa shape index (κ3) is 4.87. The molecule has 1 aliphatic rings. The van der Waals surface area contributed by atoms with Gasteiger partial charge in [0.2, 0.25) is 5.88 Å². The van der Waals surface area contributed by atoms with E-state index in [1.54, 1.807) is 25.4 Å². The maximum Gasteiger partial charge on any atom is 0.319 e. The van der Waals surface area contributed by atoms with Gasteiger partial charge in [0.05, 0.1) is 32.2 Å². The van der Waals surface area contributed by atoms with Crippen LogP contribution in [0.4, 0.5) is 10.5 Å². The highest BCUT2D eigenvalue weighted by Gasteiger charge is 2.17. The van der Waals surface area contributed by atoms with Crippen LogP contribution in [0.3, 0.4) is 0 Å². The van der Waals surface area contributed by atoms with Gasteiger partial charge in [-0.25, -0.2) is 9.78 Å². The number of carbonyl (C=O) groups is 1. The molecule has 1 atom stereocenters. The van der Waals surface area contributed by atoms with E-state index in [0.29, 0.717) is 18.1 Å². The van der Waals surface area contributed by atoms with Crippen molar-refractivity contribution >= 4 is 11.7 Å². The van der Waals surface area contributed by atoms with E-state index in [1.165, 1.54) is 0 Å². The molecule has 7 nitrogen and oxygen atoms in total.